The van der Waals surface area contributed by atoms with Crippen molar-refractivity contribution >= 4 is 64.2 Å². The second-order valence-corrected chi connectivity index (χ2v) is 15.7. The molecule has 10 nitrogen and oxygen atoms in total. The molecule has 2 aromatic rings. The Morgan fingerprint density at radius 3 is 1.68 bits per heavy atom. The van der Waals surface area contributed by atoms with Crippen LogP contribution in [0.2, 0.25) is 0 Å². The van der Waals surface area contributed by atoms with Gasteiger partial charge >= 0.3 is 286 Å². The molecule has 44 heavy (non-hydrogen) atoms. The van der Waals surface area contributed by atoms with E-state index in [-0.39, 0.29) is 21.6 Å². The van der Waals surface area contributed by atoms with Gasteiger partial charge in [0, 0.05) is 0 Å². The van der Waals surface area contributed by atoms with Crippen molar-refractivity contribution < 1.29 is 65.1 Å². The normalized spacial score (nSPS) is 11.9. The monoisotopic (exact) mass is 982 g/mol. The molecule has 0 fully saturated rings. The van der Waals surface area contributed by atoms with Crippen LogP contribution >= 0.6 is 0 Å². The SMILES string of the molecule is CCC(=O)N(C)c1cc(S(=O)(=O)N(C)C)c[c-]c1C=C[CH]=[W].CCC(=O)N(C)c1ccc(S(=O)(=O)N(C)C)[c-]c1C=C[CH]=[W]. The van der Waals surface area contributed by atoms with Gasteiger partial charge in [0.05, 0.1) is 0 Å². The van der Waals surface area contributed by atoms with Crippen molar-refractivity contribution in [2.75, 3.05) is 52.1 Å². The number of sulfonamides is 2. The zero-order valence-corrected chi connectivity index (χ0v) is 33.6. The number of anilines is 2. The molecule has 0 atom stereocenters. The summed E-state index contributed by atoms with van der Waals surface area (Å²) < 4.78 is 55.1. The summed E-state index contributed by atoms with van der Waals surface area (Å²) in [5, 5.41) is 0. The van der Waals surface area contributed by atoms with Gasteiger partial charge in [0.1, 0.15) is 0 Å². The van der Waals surface area contributed by atoms with Crippen molar-refractivity contribution in [1.29, 1.82) is 0 Å². The first kappa shape index (κ1) is 39.8. The molecule has 0 saturated heterocycles. The van der Waals surface area contributed by atoms with Gasteiger partial charge in [0.2, 0.25) is 0 Å². The van der Waals surface area contributed by atoms with Gasteiger partial charge in [0.15, 0.2) is 0 Å². The van der Waals surface area contributed by atoms with E-state index >= 15 is 0 Å². The van der Waals surface area contributed by atoms with Gasteiger partial charge in [-0.15, -0.1) is 0 Å². The van der Waals surface area contributed by atoms with E-state index in [9.17, 15) is 26.4 Å². The summed E-state index contributed by atoms with van der Waals surface area (Å²) in [6.07, 6.45) is 7.97. The van der Waals surface area contributed by atoms with Crippen LogP contribution in [0.15, 0.2) is 46.2 Å². The molecule has 0 heterocycles. The summed E-state index contributed by atoms with van der Waals surface area (Å²) >= 11 is 2.58. The summed E-state index contributed by atoms with van der Waals surface area (Å²) in [5.41, 5.74) is 2.42. The van der Waals surface area contributed by atoms with Crippen molar-refractivity contribution in [3.05, 3.63) is 59.7 Å². The first-order chi connectivity index (χ1) is 20.5. The molecule has 0 bridgehead atoms. The molecule has 2 amide bonds. The van der Waals surface area contributed by atoms with E-state index in [0.29, 0.717) is 35.3 Å². The average Bonchev–Trinajstić information content (AvgIpc) is 3.00. The van der Waals surface area contributed by atoms with Crippen LogP contribution < -0.4 is 9.80 Å². The molecule has 0 aliphatic heterocycles. The Bertz CT molecular complexity index is 1640. The topological polar surface area (TPSA) is 115 Å². The van der Waals surface area contributed by atoms with E-state index in [1.165, 1.54) is 94.9 Å². The third-order valence-corrected chi connectivity index (χ3v) is 10.8. The molecule has 0 spiro atoms. The second kappa shape index (κ2) is 18.1. The van der Waals surface area contributed by atoms with Crippen LogP contribution in [0.1, 0.15) is 37.8 Å². The van der Waals surface area contributed by atoms with Gasteiger partial charge in [0.25, 0.3) is 0 Å². The van der Waals surface area contributed by atoms with Crippen molar-refractivity contribution in [3.63, 3.8) is 0 Å². The van der Waals surface area contributed by atoms with Crippen LogP contribution in [0.3, 0.4) is 0 Å². The Morgan fingerprint density at radius 1 is 0.750 bits per heavy atom. The Balaban J connectivity index is 0.000000440. The van der Waals surface area contributed by atoms with Crippen molar-refractivity contribution in [1.82, 2.24) is 8.61 Å². The molecule has 2 aromatic carbocycles. The molecule has 0 aromatic heterocycles. The first-order valence-corrected chi connectivity index (χ1v) is 19.5. The molecular weight excluding hydrogens is 944 g/mol. The third-order valence-electron chi connectivity index (χ3n) is 6.15. The Kier molecular flexibility index (Phi) is 16.4. The second-order valence-electron chi connectivity index (χ2n) is 9.43. The minimum atomic E-state index is -3.57. The molecule has 240 valence electrons. The number of carbonyl (C=O) groups excluding carboxylic acids is 2. The number of benzene rings is 2. The first-order valence-electron chi connectivity index (χ1n) is 13.2. The molecule has 0 unspecified atom stereocenters. The molecule has 0 aliphatic carbocycles. The number of amides is 2. The van der Waals surface area contributed by atoms with E-state index < -0.39 is 20.0 Å². The van der Waals surface area contributed by atoms with E-state index in [4.69, 9.17) is 0 Å². The van der Waals surface area contributed by atoms with E-state index in [2.05, 4.69) is 12.1 Å². The molecule has 0 saturated carbocycles. The summed E-state index contributed by atoms with van der Waals surface area (Å²) in [6.45, 7) is 3.55. The third kappa shape index (κ3) is 10.4. The van der Waals surface area contributed by atoms with Crippen molar-refractivity contribution in [3.8, 4) is 0 Å². The minimum absolute atomic E-state index is 0.0441. The van der Waals surface area contributed by atoms with E-state index in [0.717, 1.165) is 8.61 Å². The summed E-state index contributed by atoms with van der Waals surface area (Å²) in [7, 11) is 2.08. The van der Waals surface area contributed by atoms with E-state index in [1.807, 2.05) is 27.0 Å². The maximum absolute atomic E-state index is 12.3. The number of carbonyl (C=O) groups is 2. The number of allylic oxidation sites excluding steroid dienone is 2. The molecule has 0 radical (unpaired) electrons. The van der Waals surface area contributed by atoms with Crippen LogP contribution in [0.4, 0.5) is 11.4 Å². The van der Waals surface area contributed by atoms with Gasteiger partial charge in [-0.3, -0.25) is 0 Å². The fourth-order valence-corrected chi connectivity index (χ4v) is 5.84. The van der Waals surface area contributed by atoms with E-state index in [1.54, 1.807) is 40.1 Å². The fourth-order valence-electron chi connectivity index (χ4n) is 3.51. The zero-order valence-electron chi connectivity index (χ0n) is 26.1. The predicted octanol–water partition coefficient (Wildman–Crippen LogP) is 2.94. The summed E-state index contributed by atoms with van der Waals surface area (Å²) in [4.78, 5) is 27.0. The van der Waals surface area contributed by atoms with Crippen LogP contribution in [-0.4, -0.2) is 88.3 Å². The summed E-state index contributed by atoms with van der Waals surface area (Å²) in [5.74, 6) is -0.133. The van der Waals surface area contributed by atoms with Gasteiger partial charge in [-0.1, -0.05) is 0 Å². The van der Waals surface area contributed by atoms with Gasteiger partial charge in [-0.25, -0.2) is 0 Å². The molecular formula is C30H38N4O6S2W2-2. The van der Waals surface area contributed by atoms with Crippen LogP contribution in [0.25, 0.3) is 12.2 Å². The van der Waals surface area contributed by atoms with Gasteiger partial charge in [-0.2, -0.15) is 0 Å². The Hall–Kier alpha value is -2.20. The molecule has 0 aliphatic rings. The van der Waals surface area contributed by atoms with Crippen molar-refractivity contribution in [2.24, 2.45) is 0 Å². The standard InChI is InChI=1S/2C15H19N2O3S.2W/c1-6-8-12-11-13(21(19,20)16(3)4)9-10-14(12)17(5)15(18)7-2;1-6-8-12-9-10-13(21(19,20)16(3)4)11-14(12)17(5)15(18)7-2;;/h1,6,8-10H,7H2,2-5H3;1,6,8,10-11H,7H2,2-5H3;;/q2*-1;;. The molecule has 2 rings (SSSR count). The predicted molar refractivity (Wildman–Crippen MR) is 170 cm³/mol. The van der Waals surface area contributed by atoms with Crippen LogP contribution in [-0.2, 0) is 68.3 Å². The zero-order chi connectivity index (χ0) is 33.8. The van der Waals surface area contributed by atoms with Gasteiger partial charge < -0.3 is 0 Å². The van der Waals surface area contributed by atoms with Crippen molar-refractivity contribution in [2.45, 2.75) is 36.5 Å². The fraction of sp³-hybridized carbons (Fsp3) is 0.333. The number of rotatable bonds is 12. The average molecular weight is 982 g/mol. The van der Waals surface area contributed by atoms with Gasteiger partial charge in [-0.05, 0) is 0 Å². The Labute approximate surface area is 284 Å². The molecule has 14 heteroatoms. The van der Waals surface area contributed by atoms with Crippen LogP contribution in [0.5, 0.6) is 0 Å². The quantitative estimate of drug-likeness (QED) is 0.303. The maximum atomic E-state index is 12.3. The summed E-state index contributed by atoms with van der Waals surface area (Å²) in [6, 6.07) is 11.9. The number of hydrogen-bond donors (Lipinski definition) is 0. The number of hydrogen-bond acceptors (Lipinski definition) is 6. The number of nitrogens with zero attached hydrogens (tertiary/aromatic N) is 4. The van der Waals surface area contributed by atoms with Crippen LogP contribution in [0, 0.1) is 12.1 Å². The Morgan fingerprint density at radius 2 is 1.23 bits per heavy atom. The molecule has 0 N–H and O–H groups in total.